The first-order chi connectivity index (χ1) is 6.74. The summed E-state index contributed by atoms with van der Waals surface area (Å²) in [4.78, 5) is 2.16. The molecule has 0 bridgehead atoms. The molecule has 2 aliphatic heterocycles. The summed E-state index contributed by atoms with van der Waals surface area (Å²) in [5, 5.41) is 3.37. The van der Waals surface area contributed by atoms with Crippen LogP contribution in [0.15, 0.2) is 23.9 Å². The van der Waals surface area contributed by atoms with E-state index in [2.05, 4.69) is 35.4 Å². The topological polar surface area (TPSA) is 15.3 Å². The van der Waals surface area contributed by atoms with E-state index in [1.165, 1.54) is 5.70 Å². The molecule has 2 nitrogen and oxygen atoms in total. The fourth-order valence-electron chi connectivity index (χ4n) is 2.00. The van der Waals surface area contributed by atoms with Crippen LogP contribution in [0.1, 0.15) is 13.3 Å². The summed E-state index contributed by atoms with van der Waals surface area (Å²) in [5.74, 6) is 0. The fraction of sp³-hybridized carbons (Fsp3) is 0.636. The van der Waals surface area contributed by atoms with Crippen molar-refractivity contribution >= 4 is 0 Å². The van der Waals surface area contributed by atoms with Gasteiger partial charge in [0.1, 0.15) is 6.17 Å². The molecule has 0 saturated carbocycles. The van der Waals surface area contributed by atoms with Gasteiger partial charge in [0.25, 0.3) is 0 Å². The number of rotatable bonds is 2. The number of hydrogen-bond acceptors (Lipinski definition) is 2. The van der Waals surface area contributed by atoms with Crippen LogP contribution in [0, 0.1) is 0 Å². The number of nitrogens with zero attached hydrogens (tertiary/aromatic N) is 1. The van der Waals surface area contributed by atoms with Crippen LogP contribution in [0.3, 0.4) is 0 Å². The van der Waals surface area contributed by atoms with E-state index in [-0.39, 0.29) is 0 Å². The first-order valence-corrected chi connectivity index (χ1v) is 5.24. The normalized spacial score (nSPS) is 32.9. The molecule has 0 aliphatic carbocycles. The van der Waals surface area contributed by atoms with Crippen molar-refractivity contribution in [2.45, 2.75) is 25.6 Å². The zero-order valence-electron chi connectivity index (χ0n) is 8.54. The van der Waals surface area contributed by atoms with E-state index in [0.717, 1.165) is 13.1 Å². The lowest BCUT2D eigenvalue weighted by Crippen LogP contribution is -2.33. The van der Waals surface area contributed by atoms with E-state index in [9.17, 15) is 4.39 Å². The Morgan fingerprint density at radius 2 is 2.50 bits per heavy atom. The zero-order valence-corrected chi connectivity index (χ0v) is 8.54. The highest BCUT2D eigenvalue weighted by molar-refractivity contribution is 5.20. The standard InChI is InChI=1S/C11H17FN2/c1-9-3-2-4-11(13-9)8-14-6-5-10(12)7-14/h2-4,9-10,13H,5-8H2,1H3. The summed E-state index contributed by atoms with van der Waals surface area (Å²) in [7, 11) is 0. The quantitative estimate of drug-likeness (QED) is 0.719. The predicted molar refractivity (Wildman–Crippen MR) is 55.8 cm³/mol. The molecular weight excluding hydrogens is 179 g/mol. The average Bonchev–Trinajstić information content (AvgIpc) is 2.51. The van der Waals surface area contributed by atoms with Gasteiger partial charge in [0, 0.05) is 31.4 Å². The van der Waals surface area contributed by atoms with Gasteiger partial charge in [-0.3, -0.25) is 4.90 Å². The van der Waals surface area contributed by atoms with Gasteiger partial charge in [0.15, 0.2) is 0 Å². The van der Waals surface area contributed by atoms with Gasteiger partial charge in [-0.15, -0.1) is 0 Å². The molecule has 3 heteroatoms. The van der Waals surface area contributed by atoms with Crippen molar-refractivity contribution in [3.05, 3.63) is 23.9 Å². The molecule has 78 valence electrons. The minimum absolute atomic E-state index is 0.402. The minimum atomic E-state index is -0.618. The van der Waals surface area contributed by atoms with Crippen LogP contribution in [0.25, 0.3) is 0 Å². The molecule has 2 heterocycles. The SMILES string of the molecule is CC1C=CC=C(CN2CCC(F)C2)N1. The highest BCUT2D eigenvalue weighted by atomic mass is 19.1. The van der Waals surface area contributed by atoms with Crippen LogP contribution in [0.4, 0.5) is 4.39 Å². The molecule has 0 spiro atoms. The second kappa shape index (κ2) is 4.13. The second-order valence-corrected chi connectivity index (χ2v) is 4.13. The molecule has 0 radical (unpaired) electrons. The largest absolute Gasteiger partial charge is 0.381 e. The summed E-state index contributed by atoms with van der Waals surface area (Å²) in [6.45, 7) is 4.45. The Morgan fingerprint density at radius 3 is 3.14 bits per heavy atom. The smallest absolute Gasteiger partial charge is 0.114 e. The van der Waals surface area contributed by atoms with E-state index >= 15 is 0 Å². The lowest BCUT2D eigenvalue weighted by Gasteiger charge is -2.22. The van der Waals surface area contributed by atoms with Crippen molar-refractivity contribution in [1.82, 2.24) is 10.2 Å². The van der Waals surface area contributed by atoms with Gasteiger partial charge in [-0.2, -0.15) is 0 Å². The van der Waals surface area contributed by atoms with Gasteiger partial charge >= 0.3 is 0 Å². The molecule has 0 aromatic heterocycles. The molecule has 2 rings (SSSR count). The summed E-state index contributed by atoms with van der Waals surface area (Å²) in [5.41, 5.74) is 1.20. The number of dihydropyridines is 1. The van der Waals surface area contributed by atoms with E-state index in [4.69, 9.17) is 0 Å². The Morgan fingerprint density at radius 1 is 1.64 bits per heavy atom. The lowest BCUT2D eigenvalue weighted by molar-refractivity contribution is 0.298. The highest BCUT2D eigenvalue weighted by Crippen LogP contribution is 2.14. The van der Waals surface area contributed by atoms with E-state index in [0.29, 0.717) is 19.0 Å². The third kappa shape index (κ3) is 2.35. The average molecular weight is 196 g/mol. The van der Waals surface area contributed by atoms with Gasteiger partial charge in [0.2, 0.25) is 0 Å². The molecule has 0 aromatic carbocycles. The first-order valence-electron chi connectivity index (χ1n) is 5.24. The minimum Gasteiger partial charge on any atom is -0.381 e. The molecule has 1 fully saturated rings. The van der Waals surface area contributed by atoms with Gasteiger partial charge in [0.05, 0.1) is 0 Å². The van der Waals surface area contributed by atoms with Gasteiger partial charge < -0.3 is 5.32 Å². The Hall–Kier alpha value is -0.830. The summed E-state index contributed by atoms with van der Waals surface area (Å²) in [6.07, 6.45) is 6.34. The first kappa shape index (κ1) is 9.71. The van der Waals surface area contributed by atoms with E-state index < -0.39 is 6.17 Å². The van der Waals surface area contributed by atoms with Crippen LogP contribution in [0.2, 0.25) is 0 Å². The predicted octanol–water partition coefficient (Wildman–Crippen LogP) is 1.46. The zero-order chi connectivity index (χ0) is 9.97. The molecule has 0 amide bonds. The van der Waals surface area contributed by atoms with E-state index in [1.807, 2.05) is 0 Å². The third-order valence-electron chi connectivity index (χ3n) is 2.72. The van der Waals surface area contributed by atoms with Crippen LogP contribution in [-0.2, 0) is 0 Å². The number of halogens is 1. The van der Waals surface area contributed by atoms with Crippen molar-refractivity contribution in [2.24, 2.45) is 0 Å². The maximum absolute atomic E-state index is 12.9. The molecule has 1 saturated heterocycles. The molecule has 1 N–H and O–H groups in total. The van der Waals surface area contributed by atoms with Crippen molar-refractivity contribution in [3.8, 4) is 0 Å². The highest BCUT2D eigenvalue weighted by Gasteiger charge is 2.22. The summed E-state index contributed by atoms with van der Waals surface area (Å²) < 4.78 is 12.9. The lowest BCUT2D eigenvalue weighted by atomic mass is 10.2. The molecule has 2 unspecified atom stereocenters. The Balaban J connectivity index is 1.85. The fourth-order valence-corrected chi connectivity index (χ4v) is 2.00. The van der Waals surface area contributed by atoms with Crippen LogP contribution in [-0.4, -0.2) is 36.7 Å². The Kier molecular flexibility index (Phi) is 2.87. The third-order valence-corrected chi connectivity index (χ3v) is 2.72. The van der Waals surface area contributed by atoms with Crippen molar-refractivity contribution in [2.75, 3.05) is 19.6 Å². The van der Waals surface area contributed by atoms with Crippen LogP contribution in [0.5, 0.6) is 0 Å². The Labute approximate surface area is 84.5 Å². The molecular formula is C11H17FN2. The number of hydrogen-bond donors (Lipinski definition) is 1. The summed E-state index contributed by atoms with van der Waals surface area (Å²) >= 11 is 0. The van der Waals surface area contributed by atoms with Crippen LogP contribution < -0.4 is 5.32 Å². The van der Waals surface area contributed by atoms with Gasteiger partial charge in [-0.05, 0) is 19.4 Å². The maximum atomic E-state index is 12.9. The molecule has 2 atom stereocenters. The molecule has 14 heavy (non-hydrogen) atoms. The number of allylic oxidation sites excluding steroid dienone is 2. The maximum Gasteiger partial charge on any atom is 0.114 e. The van der Waals surface area contributed by atoms with Crippen LogP contribution >= 0.6 is 0 Å². The summed E-state index contributed by atoms with van der Waals surface area (Å²) in [6, 6.07) is 0.402. The number of likely N-dealkylation sites (tertiary alicyclic amines) is 1. The second-order valence-electron chi connectivity index (χ2n) is 4.13. The molecule has 0 aromatic rings. The Bertz CT molecular complexity index is 260. The molecule has 2 aliphatic rings. The monoisotopic (exact) mass is 196 g/mol. The van der Waals surface area contributed by atoms with Crippen molar-refractivity contribution in [3.63, 3.8) is 0 Å². The van der Waals surface area contributed by atoms with E-state index in [1.54, 1.807) is 0 Å². The van der Waals surface area contributed by atoms with Gasteiger partial charge in [-0.25, -0.2) is 4.39 Å². The number of alkyl halides is 1. The number of nitrogens with one attached hydrogen (secondary N) is 1. The van der Waals surface area contributed by atoms with Crippen molar-refractivity contribution < 1.29 is 4.39 Å². The van der Waals surface area contributed by atoms with Gasteiger partial charge in [-0.1, -0.05) is 12.2 Å². The van der Waals surface area contributed by atoms with Crippen molar-refractivity contribution in [1.29, 1.82) is 0 Å².